The van der Waals surface area contributed by atoms with Gasteiger partial charge in [0.1, 0.15) is 12.4 Å². The third-order valence-corrected chi connectivity index (χ3v) is 3.88. The molecule has 24 heavy (non-hydrogen) atoms. The normalized spacial score (nSPS) is 10.5. The van der Waals surface area contributed by atoms with Gasteiger partial charge in [0.05, 0.1) is 0 Å². The van der Waals surface area contributed by atoms with Crippen molar-refractivity contribution < 1.29 is 4.74 Å². The van der Waals surface area contributed by atoms with Gasteiger partial charge in [-0.2, -0.15) is 0 Å². The van der Waals surface area contributed by atoms with E-state index >= 15 is 0 Å². The molecule has 0 fully saturated rings. The van der Waals surface area contributed by atoms with Gasteiger partial charge in [0.25, 0.3) is 0 Å². The molecule has 1 heterocycles. The Balaban J connectivity index is 1.57. The average molecular weight is 318 g/mol. The summed E-state index contributed by atoms with van der Waals surface area (Å²) in [5.41, 5.74) is 4.83. The van der Waals surface area contributed by atoms with Crippen molar-refractivity contribution in [1.82, 2.24) is 10.3 Å². The molecule has 0 saturated carbocycles. The number of hydrogen-bond acceptors (Lipinski definition) is 3. The maximum absolute atomic E-state index is 6.02. The second kappa shape index (κ2) is 8.27. The van der Waals surface area contributed by atoms with Gasteiger partial charge >= 0.3 is 0 Å². The van der Waals surface area contributed by atoms with E-state index in [-0.39, 0.29) is 0 Å². The molecule has 0 spiro atoms. The smallest absolute Gasteiger partial charge is 0.124 e. The lowest BCUT2D eigenvalue weighted by Crippen LogP contribution is -2.13. The van der Waals surface area contributed by atoms with Crippen LogP contribution >= 0.6 is 0 Å². The highest BCUT2D eigenvalue weighted by Gasteiger charge is 2.03. The lowest BCUT2D eigenvalue weighted by Gasteiger charge is -2.12. The maximum atomic E-state index is 6.02. The zero-order valence-corrected chi connectivity index (χ0v) is 13.9. The molecule has 0 saturated heterocycles. The quantitative estimate of drug-likeness (QED) is 0.707. The average Bonchev–Trinajstić information content (AvgIpc) is 2.63. The van der Waals surface area contributed by atoms with Crippen molar-refractivity contribution in [2.45, 2.75) is 26.6 Å². The van der Waals surface area contributed by atoms with Crippen LogP contribution in [0.15, 0.2) is 73.1 Å². The zero-order valence-electron chi connectivity index (χ0n) is 13.9. The Morgan fingerprint density at radius 3 is 2.38 bits per heavy atom. The minimum atomic E-state index is 0.585. The van der Waals surface area contributed by atoms with E-state index in [1.54, 1.807) is 0 Å². The molecule has 0 atom stereocenters. The Hall–Kier alpha value is -2.65. The number of ether oxygens (including phenoxy) is 1. The van der Waals surface area contributed by atoms with Gasteiger partial charge in [-0.1, -0.05) is 48.0 Å². The van der Waals surface area contributed by atoms with E-state index in [2.05, 4.69) is 47.6 Å². The topological polar surface area (TPSA) is 34.1 Å². The fraction of sp³-hybridized carbons (Fsp3) is 0.190. The second-order valence-electron chi connectivity index (χ2n) is 5.84. The molecule has 0 bridgehead atoms. The third kappa shape index (κ3) is 4.67. The number of nitrogens with one attached hydrogen (secondary N) is 1. The summed E-state index contributed by atoms with van der Waals surface area (Å²) in [5.74, 6) is 0.931. The van der Waals surface area contributed by atoms with Crippen LogP contribution in [0, 0.1) is 6.92 Å². The van der Waals surface area contributed by atoms with Crippen molar-refractivity contribution in [2.75, 3.05) is 0 Å². The van der Waals surface area contributed by atoms with Crippen molar-refractivity contribution in [2.24, 2.45) is 0 Å². The lowest BCUT2D eigenvalue weighted by atomic mass is 10.1. The van der Waals surface area contributed by atoms with Crippen molar-refractivity contribution >= 4 is 0 Å². The van der Waals surface area contributed by atoms with Crippen LogP contribution in [0.3, 0.4) is 0 Å². The molecular weight excluding hydrogens is 296 g/mol. The first kappa shape index (κ1) is 16.2. The number of para-hydroxylation sites is 1. The SMILES string of the molecule is Cc1ccc(COc2ccccc2CNCc2ccncc2)cc1. The van der Waals surface area contributed by atoms with Crippen molar-refractivity contribution in [3.05, 3.63) is 95.3 Å². The van der Waals surface area contributed by atoms with Gasteiger partial charge in [-0.15, -0.1) is 0 Å². The summed E-state index contributed by atoms with van der Waals surface area (Å²) in [6, 6.07) is 20.7. The molecule has 1 aromatic heterocycles. The van der Waals surface area contributed by atoms with Gasteiger partial charge in [-0.05, 0) is 36.2 Å². The van der Waals surface area contributed by atoms with E-state index in [9.17, 15) is 0 Å². The molecule has 0 amide bonds. The molecule has 3 nitrogen and oxygen atoms in total. The van der Waals surface area contributed by atoms with Gasteiger partial charge in [-0.25, -0.2) is 0 Å². The molecule has 1 N–H and O–H groups in total. The molecule has 0 aliphatic rings. The lowest BCUT2D eigenvalue weighted by molar-refractivity contribution is 0.302. The van der Waals surface area contributed by atoms with Crippen LogP contribution < -0.4 is 10.1 Å². The van der Waals surface area contributed by atoms with Crippen LogP contribution in [-0.2, 0) is 19.7 Å². The fourth-order valence-electron chi connectivity index (χ4n) is 2.48. The standard InChI is InChI=1S/C21H22N2O/c1-17-6-8-19(9-7-17)16-24-21-5-3-2-4-20(21)15-23-14-18-10-12-22-13-11-18/h2-13,23H,14-16H2,1H3. The largest absolute Gasteiger partial charge is 0.489 e. The van der Waals surface area contributed by atoms with Crippen molar-refractivity contribution in [1.29, 1.82) is 0 Å². The number of benzene rings is 2. The Bertz CT molecular complexity index is 754. The first-order valence-electron chi connectivity index (χ1n) is 8.17. The molecule has 3 rings (SSSR count). The summed E-state index contributed by atoms with van der Waals surface area (Å²) < 4.78 is 6.02. The van der Waals surface area contributed by atoms with Crippen LogP contribution in [0.4, 0.5) is 0 Å². The fourth-order valence-corrected chi connectivity index (χ4v) is 2.48. The molecule has 2 aromatic carbocycles. The summed E-state index contributed by atoms with van der Waals surface area (Å²) in [5, 5.41) is 3.46. The highest BCUT2D eigenvalue weighted by Crippen LogP contribution is 2.19. The maximum Gasteiger partial charge on any atom is 0.124 e. The van der Waals surface area contributed by atoms with Crippen molar-refractivity contribution in [3.8, 4) is 5.75 Å². The van der Waals surface area contributed by atoms with Gasteiger partial charge in [-0.3, -0.25) is 4.98 Å². The van der Waals surface area contributed by atoms with E-state index in [0.717, 1.165) is 18.8 Å². The minimum absolute atomic E-state index is 0.585. The molecule has 3 heteroatoms. The monoisotopic (exact) mass is 318 g/mol. The molecular formula is C21H22N2O. The van der Waals surface area contributed by atoms with Crippen LogP contribution in [0.5, 0.6) is 5.75 Å². The Labute approximate surface area is 143 Å². The van der Waals surface area contributed by atoms with Crippen LogP contribution in [0.2, 0.25) is 0 Å². The van der Waals surface area contributed by atoms with E-state index < -0.39 is 0 Å². The number of rotatable bonds is 7. The highest BCUT2D eigenvalue weighted by atomic mass is 16.5. The summed E-state index contributed by atoms with van der Waals surface area (Å²) in [6.45, 7) is 4.26. The zero-order chi connectivity index (χ0) is 16.6. The first-order chi connectivity index (χ1) is 11.8. The molecule has 3 aromatic rings. The number of aryl methyl sites for hydroxylation is 1. The van der Waals surface area contributed by atoms with Gasteiger partial charge in [0, 0.05) is 31.0 Å². The van der Waals surface area contributed by atoms with E-state index in [0.29, 0.717) is 6.61 Å². The van der Waals surface area contributed by atoms with Crippen molar-refractivity contribution in [3.63, 3.8) is 0 Å². The summed E-state index contributed by atoms with van der Waals surface area (Å²) in [7, 11) is 0. The number of nitrogens with zero attached hydrogens (tertiary/aromatic N) is 1. The van der Waals surface area contributed by atoms with Gasteiger partial charge in [0.2, 0.25) is 0 Å². The van der Waals surface area contributed by atoms with E-state index in [4.69, 9.17) is 4.74 Å². The van der Waals surface area contributed by atoms with Gasteiger partial charge in [0.15, 0.2) is 0 Å². The molecule has 0 aliphatic carbocycles. The van der Waals surface area contributed by atoms with Crippen LogP contribution in [-0.4, -0.2) is 4.98 Å². The summed E-state index contributed by atoms with van der Waals surface area (Å²) >= 11 is 0. The predicted molar refractivity (Wildman–Crippen MR) is 96.7 cm³/mol. The predicted octanol–water partition coefficient (Wildman–Crippen LogP) is 4.26. The highest BCUT2D eigenvalue weighted by molar-refractivity contribution is 5.33. The molecule has 0 unspecified atom stereocenters. The van der Waals surface area contributed by atoms with Crippen LogP contribution in [0.1, 0.15) is 22.3 Å². The first-order valence-corrected chi connectivity index (χ1v) is 8.17. The summed E-state index contributed by atoms with van der Waals surface area (Å²) in [4.78, 5) is 4.04. The van der Waals surface area contributed by atoms with E-state index in [1.807, 2.05) is 42.7 Å². The Morgan fingerprint density at radius 1 is 0.833 bits per heavy atom. The Kier molecular flexibility index (Phi) is 5.59. The number of aromatic nitrogens is 1. The van der Waals surface area contributed by atoms with Crippen LogP contribution in [0.25, 0.3) is 0 Å². The second-order valence-corrected chi connectivity index (χ2v) is 5.84. The Morgan fingerprint density at radius 2 is 1.58 bits per heavy atom. The summed E-state index contributed by atoms with van der Waals surface area (Å²) in [6.07, 6.45) is 3.63. The van der Waals surface area contributed by atoms with Gasteiger partial charge < -0.3 is 10.1 Å². The third-order valence-electron chi connectivity index (χ3n) is 3.88. The molecule has 122 valence electrons. The molecule has 0 aliphatic heterocycles. The molecule has 0 radical (unpaired) electrons. The number of pyridine rings is 1. The minimum Gasteiger partial charge on any atom is -0.489 e. The van der Waals surface area contributed by atoms with E-state index in [1.165, 1.54) is 22.3 Å². The number of hydrogen-bond donors (Lipinski definition) is 1.